The lowest BCUT2D eigenvalue weighted by Crippen LogP contribution is -2.45. The Morgan fingerprint density at radius 3 is 2.52 bits per heavy atom. The highest BCUT2D eigenvalue weighted by Crippen LogP contribution is 2.24. The highest BCUT2D eigenvalue weighted by molar-refractivity contribution is 5.85. The van der Waals surface area contributed by atoms with Crippen LogP contribution in [0.2, 0.25) is 0 Å². The molecule has 7 heteroatoms. The molecule has 2 rings (SSSR count). The first-order valence-electron chi connectivity index (χ1n) is 9.53. The number of hydrogen-bond donors (Lipinski definition) is 2. The largest absolute Gasteiger partial charge is 0.372 e. The van der Waals surface area contributed by atoms with Crippen LogP contribution in [-0.4, -0.2) is 43.7 Å². The first-order chi connectivity index (χ1) is 12.8. The van der Waals surface area contributed by atoms with Crippen LogP contribution >= 0.6 is 0 Å². The predicted molar refractivity (Wildman–Crippen MR) is 103 cm³/mol. The number of anilines is 1. The molecule has 1 aliphatic rings. The Hall–Kier alpha value is -2.15. The standard InChI is InChI=1S/C20H30FN3O3/c1-5-13(2)20(26)23-10-19(25)22-9-16-6-7-18(17(21)8-16)24-11-14(3)27-15(4)12-24/h6-8,13-15H,5,9-12H2,1-4H3,(H,22,25)(H,23,26). The highest BCUT2D eigenvalue weighted by Gasteiger charge is 2.24. The summed E-state index contributed by atoms with van der Waals surface area (Å²) in [6.07, 6.45) is 0.829. The van der Waals surface area contributed by atoms with Gasteiger partial charge in [-0.25, -0.2) is 4.39 Å². The molecule has 1 fully saturated rings. The van der Waals surface area contributed by atoms with Gasteiger partial charge in [0.25, 0.3) is 0 Å². The van der Waals surface area contributed by atoms with Crippen molar-refractivity contribution in [3.05, 3.63) is 29.6 Å². The van der Waals surface area contributed by atoms with Crippen LogP contribution in [0.3, 0.4) is 0 Å². The number of carbonyl (C=O) groups excluding carboxylic acids is 2. The van der Waals surface area contributed by atoms with Crippen molar-refractivity contribution in [2.45, 2.75) is 52.9 Å². The smallest absolute Gasteiger partial charge is 0.239 e. The number of nitrogens with zero attached hydrogens (tertiary/aromatic N) is 1. The number of nitrogens with one attached hydrogen (secondary N) is 2. The molecule has 2 amide bonds. The topological polar surface area (TPSA) is 70.7 Å². The fraction of sp³-hybridized carbons (Fsp3) is 0.600. The molecular formula is C20H30FN3O3. The van der Waals surface area contributed by atoms with E-state index in [9.17, 15) is 14.0 Å². The second kappa shape index (κ2) is 9.69. The summed E-state index contributed by atoms with van der Waals surface area (Å²) in [4.78, 5) is 25.5. The van der Waals surface area contributed by atoms with Gasteiger partial charge in [0.2, 0.25) is 11.8 Å². The number of ether oxygens (including phenoxy) is 1. The molecule has 0 aliphatic carbocycles. The minimum absolute atomic E-state index is 0.0535. The van der Waals surface area contributed by atoms with Gasteiger partial charge in [0.1, 0.15) is 5.82 Å². The minimum Gasteiger partial charge on any atom is -0.372 e. The van der Waals surface area contributed by atoms with Gasteiger partial charge in [-0.15, -0.1) is 0 Å². The van der Waals surface area contributed by atoms with Crippen molar-refractivity contribution in [1.82, 2.24) is 10.6 Å². The second-order valence-corrected chi connectivity index (χ2v) is 7.25. The molecule has 27 heavy (non-hydrogen) atoms. The SMILES string of the molecule is CCC(C)C(=O)NCC(=O)NCc1ccc(N2CC(C)OC(C)C2)c(F)c1. The molecule has 0 spiro atoms. The van der Waals surface area contributed by atoms with E-state index >= 15 is 0 Å². The molecule has 3 atom stereocenters. The maximum atomic E-state index is 14.5. The molecule has 150 valence electrons. The first kappa shape index (κ1) is 21.2. The third kappa shape index (κ3) is 6.20. The summed E-state index contributed by atoms with van der Waals surface area (Å²) in [6, 6.07) is 4.99. The molecule has 1 aromatic carbocycles. The van der Waals surface area contributed by atoms with Crippen LogP contribution in [0.25, 0.3) is 0 Å². The molecule has 0 bridgehead atoms. The number of benzene rings is 1. The molecular weight excluding hydrogens is 349 g/mol. The molecule has 0 aromatic heterocycles. The Bertz CT molecular complexity index is 658. The zero-order chi connectivity index (χ0) is 20.0. The Labute approximate surface area is 160 Å². The van der Waals surface area contributed by atoms with Crippen LogP contribution in [0.15, 0.2) is 18.2 Å². The quantitative estimate of drug-likeness (QED) is 0.762. The summed E-state index contributed by atoms with van der Waals surface area (Å²) < 4.78 is 20.2. The number of hydrogen-bond acceptors (Lipinski definition) is 4. The first-order valence-corrected chi connectivity index (χ1v) is 9.53. The van der Waals surface area contributed by atoms with Gasteiger partial charge < -0.3 is 20.3 Å². The summed E-state index contributed by atoms with van der Waals surface area (Å²) in [5.41, 5.74) is 1.22. The van der Waals surface area contributed by atoms with Crippen molar-refractivity contribution < 1.29 is 18.7 Å². The monoisotopic (exact) mass is 379 g/mol. The third-order valence-electron chi connectivity index (χ3n) is 4.75. The average Bonchev–Trinajstić information content (AvgIpc) is 2.62. The molecule has 6 nitrogen and oxygen atoms in total. The van der Waals surface area contributed by atoms with Crippen LogP contribution in [-0.2, 0) is 20.9 Å². The lowest BCUT2D eigenvalue weighted by molar-refractivity contribution is -0.128. The predicted octanol–water partition coefficient (Wildman–Crippen LogP) is 2.22. The number of halogens is 1. The van der Waals surface area contributed by atoms with Gasteiger partial charge >= 0.3 is 0 Å². The maximum absolute atomic E-state index is 14.5. The van der Waals surface area contributed by atoms with Gasteiger partial charge in [0.15, 0.2) is 0 Å². The molecule has 3 unspecified atom stereocenters. The lowest BCUT2D eigenvalue weighted by Gasteiger charge is -2.37. The summed E-state index contributed by atoms with van der Waals surface area (Å²) in [5, 5.41) is 5.30. The van der Waals surface area contributed by atoms with Crippen molar-refractivity contribution in [1.29, 1.82) is 0 Å². The molecule has 1 heterocycles. The van der Waals surface area contributed by atoms with E-state index in [1.165, 1.54) is 6.07 Å². The van der Waals surface area contributed by atoms with E-state index in [2.05, 4.69) is 10.6 Å². The van der Waals surface area contributed by atoms with Gasteiger partial charge in [-0.1, -0.05) is 19.9 Å². The van der Waals surface area contributed by atoms with Crippen LogP contribution in [0.5, 0.6) is 0 Å². The Morgan fingerprint density at radius 1 is 1.26 bits per heavy atom. The van der Waals surface area contributed by atoms with Crippen molar-refractivity contribution in [3.63, 3.8) is 0 Å². The van der Waals surface area contributed by atoms with Crippen molar-refractivity contribution in [3.8, 4) is 0 Å². The van der Waals surface area contributed by atoms with Crippen LogP contribution in [0.1, 0.15) is 39.7 Å². The molecule has 0 radical (unpaired) electrons. The Kier molecular flexibility index (Phi) is 7.59. The van der Waals surface area contributed by atoms with E-state index in [1.807, 2.05) is 32.6 Å². The van der Waals surface area contributed by atoms with Gasteiger partial charge in [-0.2, -0.15) is 0 Å². The van der Waals surface area contributed by atoms with E-state index in [0.29, 0.717) is 24.3 Å². The molecule has 0 saturated carbocycles. The van der Waals surface area contributed by atoms with Crippen LogP contribution in [0.4, 0.5) is 10.1 Å². The van der Waals surface area contributed by atoms with Gasteiger partial charge in [0, 0.05) is 25.6 Å². The van der Waals surface area contributed by atoms with Crippen molar-refractivity contribution >= 4 is 17.5 Å². The van der Waals surface area contributed by atoms with E-state index < -0.39 is 0 Å². The number of carbonyl (C=O) groups is 2. The molecule has 1 aromatic rings. The molecule has 2 N–H and O–H groups in total. The second-order valence-electron chi connectivity index (χ2n) is 7.25. The summed E-state index contributed by atoms with van der Waals surface area (Å²) >= 11 is 0. The van der Waals surface area contributed by atoms with E-state index in [0.717, 1.165) is 6.42 Å². The van der Waals surface area contributed by atoms with E-state index in [1.54, 1.807) is 12.1 Å². The number of rotatable bonds is 7. The van der Waals surface area contributed by atoms with E-state index in [4.69, 9.17) is 4.74 Å². The highest BCUT2D eigenvalue weighted by atomic mass is 19.1. The summed E-state index contributed by atoms with van der Waals surface area (Å²) in [5.74, 6) is -0.873. The van der Waals surface area contributed by atoms with Gasteiger partial charge in [-0.3, -0.25) is 9.59 Å². The number of morpholine rings is 1. The summed E-state index contributed by atoms with van der Waals surface area (Å²) in [6.45, 7) is 9.11. The van der Waals surface area contributed by atoms with E-state index in [-0.39, 0.29) is 48.8 Å². The van der Waals surface area contributed by atoms with Gasteiger partial charge in [0.05, 0.1) is 24.4 Å². The van der Waals surface area contributed by atoms with Gasteiger partial charge in [-0.05, 0) is 38.0 Å². The summed E-state index contributed by atoms with van der Waals surface area (Å²) in [7, 11) is 0. The van der Waals surface area contributed by atoms with Crippen LogP contribution in [0, 0.1) is 11.7 Å². The van der Waals surface area contributed by atoms with Crippen molar-refractivity contribution in [2.24, 2.45) is 5.92 Å². The van der Waals surface area contributed by atoms with Crippen LogP contribution < -0.4 is 15.5 Å². The third-order valence-corrected chi connectivity index (χ3v) is 4.75. The Morgan fingerprint density at radius 2 is 1.93 bits per heavy atom. The zero-order valence-electron chi connectivity index (χ0n) is 16.5. The Balaban J connectivity index is 1.86. The zero-order valence-corrected chi connectivity index (χ0v) is 16.5. The fourth-order valence-electron chi connectivity index (χ4n) is 3.08. The molecule has 1 saturated heterocycles. The minimum atomic E-state index is -0.312. The maximum Gasteiger partial charge on any atom is 0.239 e. The normalized spacial score (nSPS) is 20.9. The lowest BCUT2D eigenvalue weighted by atomic mass is 10.1. The van der Waals surface area contributed by atoms with Crippen molar-refractivity contribution in [2.75, 3.05) is 24.5 Å². The average molecular weight is 379 g/mol. The number of amides is 2. The molecule has 1 aliphatic heterocycles. The fourth-order valence-corrected chi connectivity index (χ4v) is 3.08.